The third kappa shape index (κ3) is 1.53. The molecule has 0 saturated heterocycles. The number of aromatic amines is 1. The van der Waals surface area contributed by atoms with Crippen LogP contribution in [0.25, 0.3) is 0 Å². The molecule has 2 N–H and O–H groups in total. The van der Waals surface area contributed by atoms with Crippen molar-refractivity contribution >= 4 is 5.82 Å². The average Bonchev–Trinajstić information content (AvgIpc) is 2.31. The van der Waals surface area contributed by atoms with Crippen LogP contribution < -0.4 is 5.32 Å². The van der Waals surface area contributed by atoms with Gasteiger partial charge >= 0.3 is 0 Å². The van der Waals surface area contributed by atoms with Crippen molar-refractivity contribution in [2.75, 3.05) is 12.4 Å². The van der Waals surface area contributed by atoms with E-state index in [4.69, 9.17) is 0 Å². The summed E-state index contributed by atoms with van der Waals surface area (Å²) in [4.78, 5) is 0. The molecule has 62 valence electrons. The molecule has 0 atom stereocenters. The standard InChI is InChI=1S/C8H15N3/c1-8(2,3)6-5-10-11-7(6)9-4/h5H,1-4H3,(H2,9,10,11). The minimum atomic E-state index is 0.158. The van der Waals surface area contributed by atoms with Crippen molar-refractivity contribution in [3.05, 3.63) is 11.8 Å². The number of H-pyrrole nitrogens is 1. The van der Waals surface area contributed by atoms with Crippen LogP contribution in [0.15, 0.2) is 6.20 Å². The Hall–Kier alpha value is -0.990. The number of nitrogens with zero attached hydrogens (tertiary/aromatic N) is 1. The zero-order valence-corrected chi connectivity index (χ0v) is 7.52. The van der Waals surface area contributed by atoms with Crippen LogP contribution in [0.3, 0.4) is 0 Å². The van der Waals surface area contributed by atoms with Crippen LogP contribution in [0.2, 0.25) is 0 Å². The second-order valence-electron chi connectivity index (χ2n) is 3.66. The summed E-state index contributed by atoms with van der Waals surface area (Å²) in [5, 5.41) is 9.94. The molecular weight excluding hydrogens is 138 g/mol. The van der Waals surface area contributed by atoms with Crippen LogP contribution in [-0.4, -0.2) is 17.2 Å². The SMILES string of the molecule is CNc1[nH]ncc1C(C)(C)C. The second-order valence-corrected chi connectivity index (χ2v) is 3.66. The molecule has 1 aromatic rings. The zero-order valence-electron chi connectivity index (χ0n) is 7.52. The lowest BCUT2D eigenvalue weighted by Crippen LogP contribution is -2.12. The molecule has 11 heavy (non-hydrogen) atoms. The number of hydrogen-bond acceptors (Lipinski definition) is 2. The molecule has 0 saturated carbocycles. The summed E-state index contributed by atoms with van der Waals surface area (Å²) >= 11 is 0. The molecule has 3 nitrogen and oxygen atoms in total. The van der Waals surface area contributed by atoms with E-state index in [1.807, 2.05) is 13.2 Å². The molecule has 0 aromatic carbocycles. The first-order chi connectivity index (χ1) is 5.05. The Balaban J connectivity index is 3.02. The molecule has 0 amide bonds. The Morgan fingerprint density at radius 3 is 2.45 bits per heavy atom. The molecule has 0 spiro atoms. The molecule has 1 heterocycles. The van der Waals surface area contributed by atoms with Gasteiger partial charge in [0.15, 0.2) is 0 Å². The zero-order chi connectivity index (χ0) is 8.48. The fourth-order valence-electron chi connectivity index (χ4n) is 1.05. The van der Waals surface area contributed by atoms with Crippen LogP contribution in [0, 0.1) is 0 Å². The molecule has 0 unspecified atom stereocenters. The van der Waals surface area contributed by atoms with Gasteiger partial charge in [-0.25, -0.2) is 0 Å². The van der Waals surface area contributed by atoms with Crippen molar-refractivity contribution in [3.8, 4) is 0 Å². The van der Waals surface area contributed by atoms with E-state index < -0.39 is 0 Å². The largest absolute Gasteiger partial charge is 0.373 e. The molecule has 1 rings (SSSR count). The lowest BCUT2D eigenvalue weighted by Gasteiger charge is -2.17. The van der Waals surface area contributed by atoms with Crippen LogP contribution in [0.5, 0.6) is 0 Å². The maximum absolute atomic E-state index is 3.97. The predicted octanol–water partition coefficient (Wildman–Crippen LogP) is 1.75. The Morgan fingerprint density at radius 2 is 2.09 bits per heavy atom. The smallest absolute Gasteiger partial charge is 0.124 e. The van der Waals surface area contributed by atoms with Crippen LogP contribution in [0.4, 0.5) is 5.82 Å². The monoisotopic (exact) mass is 153 g/mol. The molecule has 0 bridgehead atoms. The van der Waals surface area contributed by atoms with Crippen molar-refractivity contribution < 1.29 is 0 Å². The van der Waals surface area contributed by atoms with Gasteiger partial charge in [0, 0.05) is 12.6 Å². The Bertz CT molecular complexity index is 232. The van der Waals surface area contributed by atoms with Crippen LogP contribution in [-0.2, 0) is 5.41 Å². The second kappa shape index (κ2) is 2.57. The highest BCUT2D eigenvalue weighted by Gasteiger charge is 2.18. The van der Waals surface area contributed by atoms with Crippen molar-refractivity contribution in [2.24, 2.45) is 0 Å². The highest BCUT2D eigenvalue weighted by atomic mass is 15.2. The summed E-state index contributed by atoms with van der Waals surface area (Å²) in [6, 6.07) is 0. The first-order valence-corrected chi connectivity index (χ1v) is 3.77. The van der Waals surface area contributed by atoms with E-state index in [0.717, 1.165) is 5.82 Å². The van der Waals surface area contributed by atoms with Gasteiger partial charge in [0.1, 0.15) is 5.82 Å². The summed E-state index contributed by atoms with van der Waals surface area (Å²) in [6.45, 7) is 6.50. The lowest BCUT2D eigenvalue weighted by atomic mass is 9.89. The summed E-state index contributed by atoms with van der Waals surface area (Å²) in [5.74, 6) is 1.01. The molecule has 3 heteroatoms. The van der Waals surface area contributed by atoms with Crippen molar-refractivity contribution in [1.29, 1.82) is 0 Å². The first-order valence-electron chi connectivity index (χ1n) is 3.77. The minimum absolute atomic E-state index is 0.158. The van der Waals surface area contributed by atoms with Crippen molar-refractivity contribution in [1.82, 2.24) is 10.2 Å². The molecular formula is C8H15N3. The number of rotatable bonds is 1. The summed E-state index contributed by atoms with van der Waals surface area (Å²) in [7, 11) is 1.89. The topological polar surface area (TPSA) is 40.7 Å². The van der Waals surface area contributed by atoms with E-state index in [1.165, 1.54) is 5.56 Å². The highest BCUT2D eigenvalue weighted by Crippen LogP contribution is 2.26. The predicted molar refractivity (Wildman–Crippen MR) is 46.8 cm³/mol. The minimum Gasteiger partial charge on any atom is -0.373 e. The Morgan fingerprint density at radius 1 is 1.45 bits per heavy atom. The molecule has 0 aliphatic carbocycles. The van der Waals surface area contributed by atoms with Gasteiger partial charge in [-0.2, -0.15) is 5.10 Å². The third-order valence-corrected chi connectivity index (χ3v) is 1.70. The molecule has 0 aliphatic heterocycles. The van der Waals surface area contributed by atoms with Gasteiger partial charge in [0.25, 0.3) is 0 Å². The molecule has 0 radical (unpaired) electrons. The highest BCUT2D eigenvalue weighted by molar-refractivity contribution is 5.45. The van der Waals surface area contributed by atoms with Crippen molar-refractivity contribution in [2.45, 2.75) is 26.2 Å². The quantitative estimate of drug-likeness (QED) is 0.645. The first kappa shape index (κ1) is 8.11. The van der Waals surface area contributed by atoms with Crippen LogP contribution >= 0.6 is 0 Å². The number of hydrogen-bond donors (Lipinski definition) is 2. The molecule has 0 aliphatic rings. The number of anilines is 1. The normalized spacial score (nSPS) is 11.6. The number of aromatic nitrogens is 2. The summed E-state index contributed by atoms with van der Waals surface area (Å²) in [5.41, 5.74) is 1.38. The van der Waals surface area contributed by atoms with E-state index in [-0.39, 0.29) is 5.41 Å². The Kier molecular flexibility index (Phi) is 1.89. The average molecular weight is 153 g/mol. The van der Waals surface area contributed by atoms with Gasteiger partial charge in [-0.15, -0.1) is 0 Å². The van der Waals surface area contributed by atoms with Gasteiger partial charge in [-0.05, 0) is 5.41 Å². The van der Waals surface area contributed by atoms with Gasteiger partial charge in [0.05, 0.1) is 6.20 Å². The van der Waals surface area contributed by atoms with E-state index in [9.17, 15) is 0 Å². The molecule has 0 fully saturated rings. The van der Waals surface area contributed by atoms with E-state index in [2.05, 4.69) is 36.3 Å². The van der Waals surface area contributed by atoms with Gasteiger partial charge in [0.2, 0.25) is 0 Å². The number of nitrogens with one attached hydrogen (secondary N) is 2. The van der Waals surface area contributed by atoms with E-state index in [1.54, 1.807) is 0 Å². The fourth-order valence-corrected chi connectivity index (χ4v) is 1.05. The fraction of sp³-hybridized carbons (Fsp3) is 0.625. The van der Waals surface area contributed by atoms with Crippen LogP contribution in [0.1, 0.15) is 26.3 Å². The van der Waals surface area contributed by atoms with E-state index in [0.29, 0.717) is 0 Å². The maximum Gasteiger partial charge on any atom is 0.124 e. The Labute approximate surface area is 67.2 Å². The van der Waals surface area contributed by atoms with E-state index >= 15 is 0 Å². The third-order valence-electron chi connectivity index (χ3n) is 1.70. The van der Waals surface area contributed by atoms with Gasteiger partial charge < -0.3 is 5.32 Å². The van der Waals surface area contributed by atoms with Gasteiger partial charge in [-0.1, -0.05) is 20.8 Å². The maximum atomic E-state index is 3.97. The van der Waals surface area contributed by atoms with Crippen molar-refractivity contribution in [3.63, 3.8) is 0 Å². The lowest BCUT2D eigenvalue weighted by molar-refractivity contribution is 0.592. The molecule has 1 aromatic heterocycles. The van der Waals surface area contributed by atoms with Gasteiger partial charge in [-0.3, -0.25) is 5.10 Å². The summed E-state index contributed by atoms with van der Waals surface area (Å²) < 4.78 is 0. The summed E-state index contributed by atoms with van der Waals surface area (Å²) in [6.07, 6.45) is 1.87.